The van der Waals surface area contributed by atoms with E-state index in [1.54, 1.807) is 7.11 Å². The largest absolute Gasteiger partial charge is 0.496 e. The summed E-state index contributed by atoms with van der Waals surface area (Å²) in [5.74, 6) is 0.773. The van der Waals surface area contributed by atoms with Gasteiger partial charge in [0.1, 0.15) is 5.75 Å². The summed E-state index contributed by atoms with van der Waals surface area (Å²) in [5, 5.41) is 0.685. The van der Waals surface area contributed by atoms with Crippen LogP contribution in [0, 0.1) is 6.92 Å². The second kappa shape index (κ2) is 5.95. The van der Waals surface area contributed by atoms with Crippen molar-refractivity contribution in [1.82, 2.24) is 0 Å². The van der Waals surface area contributed by atoms with E-state index in [0.717, 1.165) is 26.9 Å². The van der Waals surface area contributed by atoms with Crippen molar-refractivity contribution in [2.75, 3.05) is 7.11 Å². The minimum Gasteiger partial charge on any atom is -0.496 e. The Hall–Kier alpha value is -1.03. The Balaban J connectivity index is 2.51. The molecular weight excluding hydrogens is 326 g/mol. The molecule has 0 aliphatic carbocycles. The van der Waals surface area contributed by atoms with Crippen molar-refractivity contribution >= 4 is 27.5 Å². The van der Waals surface area contributed by atoms with Crippen LogP contribution in [0.2, 0.25) is 5.02 Å². The second-order valence-corrected chi connectivity index (χ2v) is 5.72. The van der Waals surface area contributed by atoms with Crippen LogP contribution in [0.15, 0.2) is 40.9 Å². The van der Waals surface area contributed by atoms with Crippen LogP contribution in [-0.4, -0.2) is 7.11 Å². The molecule has 19 heavy (non-hydrogen) atoms. The summed E-state index contributed by atoms with van der Waals surface area (Å²) in [4.78, 5) is 0. The monoisotopic (exact) mass is 339 g/mol. The van der Waals surface area contributed by atoms with Gasteiger partial charge in [-0.2, -0.15) is 0 Å². The Morgan fingerprint density at radius 1 is 1.16 bits per heavy atom. The lowest BCUT2D eigenvalue weighted by Crippen LogP contribution is -2.14. The molecule has 2 aromatic carbocycles. The molecule has 1 atom stereocenters. The first-order valence-electron chi connectivity index (χ1n) is 5.88. The molecular formula is C15H15BrClNO. The first-order valence-corrected chi connectivity index (χ1v) is 7.05. The molecule has 0 spiro atoms. The SMILES string of the molecule is COc1ccc(Br)cc1C(N)c1cc(Cl)ccc1C. The summed E-state index contributed by atoms with van der Waals surface area (Å²) < 4.78 is 6.35. The number of ether oxygens (including phenoxy) is 1. The van der Waals surface area contributed by atoms with Crippen molar-refractivity contribution in [3.8, 4) is 5.75 Å². The Bertz CT molecular complexity index is 601. The number of benzene rings is 2. The molecule has 2 N–H and O–H groups in total. The van der Waals surface area contributed by atoms with Crippen molar-refractivity contribution < 1.29 is 4.74 Å². The standard InChI is InChI=1S/C15H15BrClNO/c1-9-3-5-11(17)8-12(9)15(18)13-7-10(16)4-6-14(13)19-2/h3-8,15H,18H2,1-2H3. The van der Waals surface area contributed by atoms with Gasteiger partial charge in [-0.1, -0.05) is 33.6 Å². The number of hydrogen-bond donors (Lipinski definition) is 1. The Morgan fingerprint density at radius 3 is 2.58 bits per heavy atom. The van der Waals surface area contributed by atoms with E-state index in [2.05, 4.69) is 15.9 Å². The molecule has 2 rings (SSSR count). The highest BCUT2D eigenvalue weighted by Crippen LogP contribution is 2.33. The van der Waals surface area contributed by atoms with Crippen LogP contribution in [0.25, 0.3) is 0 Å². The van der Waals surface area contributed by atoms with Gasteiger partial charge in [-0.05, 0) is 48.4 Å². The average molecular weight is 341 g/mol. The fraction of sp³-hybridized carbons (Fsp3) is 0.200. The molecule has 0 aliphatic heterocycles. The van der Waals surface area contributed by atoms with Crippen LogP contribution < -0.4 is 10.5 Å². The van der Waals surface area contributed by atoms with E-state index in [-0.39, 0.29) is 6.04 Å². The van der Waals surface area contributed by atoms with Crippen molar-refractivity contribution in [3.63, 3.8) is 0 Å². The van der Waals surface area contributed by atoms with Gasteiger partial charge in [-0.3, -0.25) is 0 Å². The van der Waals surface area contributed by atoms with Gasteiger partial charge in [0.25, 0.3) is 0 Å². The van der Waals surface area contributed by atoms with Crippen LogP contribution in [0.3, 0.4) is 0 Å². The maximum Gasteiger partial charge on any atom is 0.124 e. The number of aryl methyl sites for hydroxylation is 1. The minimum absolute atomic E-state index is 0.272. The fourth-order valence-corrected chi connectivity index (χ4v) is 2.62. The third-order valence-corrected chi connectivity index (χ3v) is 3.83. The molecule has 0 bridgehead atoms. The Kier molecular flexibility index (Phi) is 4.50. The predicted molar refractivity (Wildman–Crippen MR) is 82.9 cm³/mol. The molecule has 0 saturated carbocycles. The van der Waals surface area contributed by atoms with E-state index in [9.17, 15) is 0 Å². The highest BCUT2D eigenvalue weighted by Gasteiger charge is 2.16. The number of methoxy groups -OCH3 is 1. The van der Waals surface area contributed by atoms with Gasteiger partial charge in [0, 0.05) is 15.1 Å². The van der Waals surface area contributed by atoms with Gasteiger partial charge in [0.05, 0.1) is 13.2 Å². The van der Waals surface area contributed by atoms with E-state index in [0.29, 0.717) is 5.02 Å². The van der Waals surface area contributed by atoms with Crippen LogP contribution in [0.4, 0.5) is 0 Å². The van der Waals surface area contributed by atoms with E-state index in [1.807, 2.05) is 43.3 Å². The van der Waals surface area contributed by atoms with Gasteiger partial charge >= 0.3 is 0 Å². The van der Waals surface area contributed by atoms with Crippen LogP contribution in [0.5, 0.6) is 5.75 Å². The number of halogens is 2. The maximum atomic E-state index is 6.37. The molecule has 2 nitrogen and oxygen atoms in total. The van der Waals surface area contributed by atoms with Crippen LogP contribution in [-0.2, 0) is 0 Å². The van der Waals surface area contributed by atoms with Crippen LogP contribution >= 0.6 is 27.5 Å². The van der Waals surface area contributed by atoms with Gasteiger partial charge < -0.3 is 10.5 Å². The van der Waals surface area contributed by atoms with E-state index >= 15 is 0 Å². The zero-order valence-electron chi connectivity index (χ0n) is 10.8. The van der Waals surface area contributed by atoms with Gasteiger partial charge in [0.15, 0.2) is 0 Å². The van der Waals surface area contributed by atoms with Crippen molar-refractivity contribution in [1.29, 1.82) is 0 Å². The summed E-state index contributed by atoms with van der Waals surface area (Å²) in [6.07, 6.45) is 0. The van der Waals surface area contributed by atoms with E-state index in [1.165, 1.54) is 0 Å². The van der Waals surface area contributed by atoms with Crippen LogP contribution in [0.1, 0.15) is 22.7 Å². The van der Waals surface area contributed by atoms with Crippen molar-refractivity contribution in [2.24, 2.45) is 5.73 Å². The van der Waals surface area contributed by atoms with Gasteiger partial charge in [-0.25, -0.2) is 0 Å². The average Bonchev–Trinajstić information content (AvgIpc) is 2.40. The molecule has 0 amide bonds. The summed E-state index contributed by atoms with van der Waals surface area (Å²) in [6.45, 7) is 2.02. The quantitative estimate of drug-likeness (QED) is 0.895. The topological polar surface area (TPSA) is 35.2 Å². The summed E-state index contributed by atoms with van der Waals surface area (Å²) in [7, 11) is 1.64. The third kappa shape index (κ3) is 3.11. The molecule has 1 unspecified atom stereocenters. The first kappa shape index (κ1) is 14.4. The molecule has 0 aliphatic rings. The molecule has 4 heteroatoms. The lowest BCUT2D eigenvalue weighted by Gasteiger charge is -2.18. The molecule has 0 heterocycles. The lowest BCUT2D eigenvalue weighted by atomic mass is 9.95. The molecule has 2 aromatic rings. The zero-order valence-corrected chi connectivity index (χ0v) is 13.1. The molecule has 0 fully saturated rings. The predicted octanol–water partition coefficient (Wildman–Crippen LogP) is 4.47. The molecule has 0 saturated heterocycles. The molecule has 100 valence electrons. The van der Waals surface area contributed by atoms with Gasteiger partial charge in [0.2, 0.25) is 0 Å². The summed E-state index contributed by atoms with van der Waals surface area (Å²) in [6, 6.07) is 11.3. The number of rotatable bonds is 3. The minimum atomic E-state index is -0.272. The number of hydrogen-bond acceptors (Lipinski definition) is 2. The maximum absolute atomic E-state index is 6.37. The van der Waals surface area contributed by atoms with Crippen molar-refractivity contribution in [2.45, 2.75) is 13.0 Å². The number of nitrogens with two attached hydrogens (primary N) is 1. The molecule has 0 radical (unpaired) electrons. The van der Waals surface area contributed by atoms with Gasteiger partial charge in [-0.15, -0.1) is 0 Å². The highest BCUT2D eigenvalue weighted by atomic mass is 79.9. The molecule has 0 aromatic heterocycles. The van der Waals surface area contributed by atoms with Crippen molar-refractivity contribution in [3.05, 3.63) is 62.6 Å². The Labute approximate surface area is 126 Å². The summed E-state index contributed by atoms with van der Waals surface area (Å²) in [5.41, 5.74) is 9.42. The van der Waals surface area contributed by atoms with E-state index < -0.39 is 0 Å². The smallest absolute Gasteiger partial charge is 0.124 e. The fourth-order valence-electron chi connectivity index (χ4n) is 2.06. The summed E-state index contributed by atoms with van der Waals surface area (Å²) >= 11 is 9.52. The highest BCUT2D eigenvalue weighted by molar-refractivity contribution is 9.10. The third-order valence-electron chi connectivity index (χ3n) is 3.10. The normalized spacial score (nSPS) is 12.3. The van der Waals surface area contributed by atoms with E-state index in [4.69, 9.17) is 22.1 Å². The lowest BCUT2D eigenvalue weighted by molar-refractivity contribution is 0.407. The second-order valence-electron chi connectivity index (χ2n) is 4.36. The first-order chi connectivity index (χ1) is 9.02. The Morgan fingerprint density at radius 2 is 1.89 bits per heavy atom. The zero-order chi connectivity index (χ0) is 14.0.